The molecule has 0 spiro atoms. The van der Waals surface area contributed by atoms with Gasteiger partial charge in [-0.1, -0.05) is 11.6 Å². The maximum atomic E-state index is 14.9. The van der Waals surface area contributed by atoms with Gasteiger partial charge in [-0.05, 0) is 57.8 Å². The van der Waals surface area contributed by atoms with E-state index in [1.54, 1.807) is 13.0 Å². The fraction of sp³-hybridized carbons (Fsp3) is 0.632. The van der Waals surface area contributed by atoms with Gasteiger partial charge in [-0.2, -0.15) is 0 Å². The zero-order valence-corrected chi connectivity index (χ0v) is 17.5. The SMILES string of the molecule is C[C@H]1CN(C(=O)O)CC(Cc2c(F)cc(Cl)cc2B2OC(C)(C)C(C)(C)O2)O1. The van der Waals surface area contributed by atoms with Crippen LogP contribution in [-0.2, 0) is 20.5 Å². The van der Waals surface area contributed by atoms with Gasteiger partial charge in [-0.25, -0.2) is 9.18 Å². The molecule has 2 aliphatic heterocycles. The molecule has 1 amide bonds. The maximum absolute atomic E-state index is 14.9. The van der Waals surface area contributed by atoms with Crippen molar-refractivity contribution in [3.63, 3.8) is 0 Å². The number of rotatable bonds is 3. The second-order valence-electron chi connectivity index (χ2n) is 8.50. The molecule has 0 aromatic heterocycles. The molecule has 0 radical (unpaired) electrons. The molecule has 1 aromatic carbocycles. The Morgan fingerprint density at radius 2 is 1.89 bits per heavy atom. The van der Waals surface area contributed by atoms with Crippen LogP contribution in [0.5, 0.6) is 0 Å². The smallest absolute Gasteiger partial charge is 0.465 e. The van der Waals surface area contributed by atoms with Gasteiger partial charge in [0, 0.05) is 11.4 Å². The molecule has 2 heterocycles. The summed E-state index contributed by atoms with van der Waals surface area (Å²) >= 11 is 6.11. The molecule has 0 bridgehead atoms. The van der Waals surface area contributed by atoms with Crippen molar-refractivity contribution in [2.24, 2.45) is 0 Å². The molecule has 154 valence electrons. The Labute approximate surface area is 170 Å². The lowest BCUT2D eigenvalue weighted by atomic mass is 9.74. The fourth-order valence-electron chi connectivity index (χ4n) is 3.56. The monoisotopic (exact) mass is 413 g/mol. The average Bonchev–Trinajstić information content (AvgIpc) is 2.77. The third-order valence-corrected chi connectivity index (χ3v) is 5.95. The number of halogens is 2. The topological polar surface area (TPSA) is 68.2 Å². The normalized spacial score (nSPS) is 26.5. The lowest BCUT2D eigenvalue weighted by Crippen LogP contribution is -2.50. The van der Waals surface area contributed by atoms with Crippen molar-refractivity contribution < 1.29 is 28.3 Å². The molecule has 28 heavy (non-hydrogen) atoms. The lowest BCUT2D eigenvalue weighted by Gasteiger charge is -2.35. The highest BCUT2D eigenvalue weighted by Gasteiger charge is 2.52. The van der Waals surface area contributed by atoms with Gasteiger partial charge in [0.25, 0.3) is 0 Å². The Kier molecular flexibility index (Phi) is 5.71. The van der Waals surface area contributed by atoms with Gasteiger partial charge in [0.05, 0.1) is 36.5 Å². The predicted octanol–water partition coefficient (Wildman–Crippen LogP) is 3.09. The highest BCUT2D eigenvalue weighted by atomic mass is 35.5. The quantitative estimate of drug-likeness (QED) is 0.771. The van der Waals surface area contributed by atoms with Crippen molar-refractivity contribution in [1.29, 1.82) is 0 Å². The molecule has 2 atom stereocenters. The third-order valence-electron chi connectivity index (χ3n) is 5.73. The van der Waals surface area contributed by atoms with E-state index in [2.05, 4.69) is 0 Å². The van der Waals surface area contributed by atoms with Crippen LogP contribution in [0.2, 0.25) is 5.02 Å². The minimum absolute atomic E-state index is 0.171. The largest absolute Gasteiger partial charge is 0.495 e. The molecule has 1 unspecified atom stereocenters. The number of amides is 1. The number of ether oxygens (including phenoxy) is 1. The summed E-state index contributed by atoms with van der Waals surface area (Å²) in [7, 11) is -0.773. The van der Waals surface area contributed by atoms with Crippen molar-refractivity contribution in [3.05, 3.63) is 28.5 Å². The van der Waals surface area contributed by atoms with Crippen LogP contribution >= 0.6 is 11.6 Å². The van der Waals surface area contributed by atoms with Gasteiger partial charge in [-0.3, -0.25) is 0 Å². The molecule has 1 aromatic rings. The lowest BCUT2D eigenvalue weighted by molar-refractivity contribution is -0.0684. The molecule has 2 fully saturated rings. The second-order valence-corrected chi connectivity index (χ2v) is 8.94. The van der Waals surface area contributed by atoms with Gasteiger partial charge in [0.15, 0.2) is 0 Å². The molecule has 6 nitrogen and oxygen atoms in total. The molecular weight excluding hydrogens is 387 g/mol. The average molecular weight is 414 g/mol. The van der Waals surface area contributed by atoms with E-state index < -0.39 is 36.3 Å². The van der Waals surface area contributed by atoms with Crippen LogP contribution in [0.25, 0.3) is 0 Å². The fourth-order valence-corrected chi connectivity index (χ4v) is 3.77. The molecule has 0 saturated carbocycles. The first-order valence-corrected chi connectivity index (χ1v) is 9.74. The molecule has 0 aliphatic carbocycles. The first kappa shape index (κ1) is 21.4. The zero-order valence-electron chi connectivity index (χ0n) is 16.8. The molecular formula is C19H26BClFNO5. The van der Waals surface area contributed by atoms with E-state index in [0.29, 0.717) is 17.6 Å². The minimum atomic E-state index is -1.01. The Balaban J connectivity index is 1.91. The zero-order chi connectivity index (χ0) is 20.9. The van der Waals surface area contributed by atoms with Gasteiger partial charge < -0.3 is 24.1 Å². The van der Waals surface area contributed by atoms with Crippen LogP contribution in [0.15, 0.2) is 12.1 Å². The summed E-state index contributed by atoms with van der Waals surface area (Å²) in [6, 6.07) is 2.89. The summed E-state index contributed by atoms with van der Waals surface area (Å²) in [6.45, 7) is 9.95. The van der Waals surface area contributed by atoms with Gasteiger partial charge >= 0.3 is 13.2 Å². The van der Waals surface area contributed by atoms with Crippen molar-refractivity contribution in [3.8, 4) is 0 Å². The van der Waals surface area contributed by atoms with Crippen molar-refractivity contribution in [1.82, 2.24) is 4.90 Å². The Morgan fingerprint density at radius 1 is 1.29 bits per heavy atom. The van der Waals surface area contributed by atoms with Crippen molar-refractivity contribution in [2.45, 2.75) is 64.4 Å². The number of hydrogen-bond acceptors (Lipinski definition) is 4. The van der Waals surface area contributed by atoms with E-state index in [4.69, 9.17) is 25.6 Å². The van der Waals surface area contributed by atoms with Gasteiger partial charge in [0.1, 0.15) is 5.82 Å². The van der Waals surface area contributed by atoms with Crippen LogP contribution in [0, 0.1) is 5.82 Å². The second kappa shape index (κ2) is 7.48. The third kappa shape index (κ3) is 4.15. The van der Waals surface area contributed by atoms with E-state index in [0.717, 1.165) is 0 Å². The van der Waals surface area contributed by atoms with Crippen molar-refractivity contribution in [2.75, 3.05) is 13.1 Å². The van der Waals surface area contributed by atoms with Crippen LogP contribution < -0.4 is 5.46 Å². The summed E-state index contributed by atoms with van der Waals surface area (Å²) < 4.78 is 32.9. The first-order chi connectivity index (χ1) is 12.9. The maximum Gasteiger partial charge on any atom is 0.495 e. The molecule has 9 heteroatoms. The van der Waals surface area contributed by atoms with Crippen molar-refractivity contribution >= 4 is 30.3 Å². The summed E-state index contributed by atoms with van der Waals surface area (Å²) in [4.78, 5) is 12.7. The minimum Gasteiger partial charge on any atom is -0.465 e. The molecule has 1 N–H and O–H groups in total. The van der Waals surface area contributed by atoms with E-state index in [9.17, 15) is 14.3 Å². The van der Waals surface area contributed by atoms with Gasteiger partial charge in [-0.15, -0.1) is 0 Å². The Bertz CT molecular complexity index is 759. The summed E-state index contributed by atoms with van der Waals surface area (Å²) in [5.41, 5.74) is -0.285. The van der Waals surface area contributed by atoms with Crippen LogP contribution in [0.4, 0.5) is 9.18 Å². The number of morpholine rings is 1. The number of hydrogen-bond donors (Lipinski definition) is 1. The summed E-state index contributed by atoms with van der Waals surface area (Å²) in [5.74, 6) is -0.485. The van der Waals surface area contributed by atoms with E-state index in [1.807, 2.05) is 27.7 Å². The number of nitrogens with zero attached hydrogens (tertiary/aromatic N) is 1. The first-order valence-electron chi connectivity index (χ1n) is 9.36. The predicted molar refractivity (Wildman–Crippen MR) is 105 cm³/mol. The number of benzene rings is 1. The highest BCUT2D eigenvalue weighted by molar-refractivity contribution is 6.63. The molecule has 2 saturated heterocycles. The Morgan fingerprint density at radius 3 is 2.46 bits per heavy atom. The van der Waals surface area contributed by atoms with E-state index >= 15 is 0 Å². The van der Waals surface area contributed by atoms with Crippen LogP contribution in [0.1, 0.15) is 40.2 Å². The number of carboxylic acid groups (broad SMARTS) is 1. The summed E-state index contributed by atoms with van der Waals surface area (Å²) in [6.07, 6.45) is -1.57. The van der Waals surface area contributed by atoms with Gasteiger partial charge in [0.2, 0.25) is 0 Å². The van der Waals surface area contributed by atoms with E-state index in [1.165, 1.54) is 11.0 Å². The highest BCUT2D eigenvalue weighted by Crippen LogP contribution is 2.37. The van der Waals surface area contributed by atoms with Crippen LogP contribution in [-0.4, -0.2) is 59.7 Å². The Hall–Kier alpha value is -1.35. The molecule has 2 aliphatic rings. The summed E-state index contributed by atoms with van der Waals surface area (Å²) in [5, 5.41) is 9.56. The van der Waals surface area contributed by atoms with E-state index in [-0.39, 0.29) is 24.1 Å². The van der Waals surface area contributed by atoms with Crippen LogP contribution in [0.3, 0.4) is 0 Å². The number of carbonyl (C=O) groups is 1. The molecule has 3 rings (SSSR count). The standard InChI is InChI=1S/C19H26BClFNO5/c1-11-9-23(17(24)25)10-13(26-11)8-14-15(6-12(21)7-16(14)22)20-27-18(2,3)19(4,5)28-20/h6-7,11,13H,8-10H2,1-5H3,(H,24,25)/t11-,13?/m0/s1.